The molecule has 1 aromatic rings. The number of carboxylic acid groups (broad SMARTS) is 1. The minimum Gasteiger partial charge on any atom is -0.481 e. The summed E-state index contributed by atoms with van der Waals surface area (Å²) in [5, 5.41) is 21.1. The molecule has 1 heterocycles. The second-order valence-electron chi connectivity index (χ2n) is 2.31. The number of nitrogens with zero attached hydrogens (tertiary/aromatic N) is 3. The number of aromatic amines is 1. The van der Waals surface area contributed by atoms with Crippen molar-refractivity contribution < 1.29 is 9.90 Å². The number of aromatic nitrogens is 4. The summed E-state index contributed by atoms with van der Waals surface area (Å²) in [6, 6.07) is -0.458. The normalized spacial score (nSPS) is 12.8. The monoisotopic (exact) mass is 171 g/mol. The Kier molecular flexibility index (Phi) is 2.70. The zero-order valence-corrected chi connectivity index (χ0v) is 6.27. The van der Waals surface area contributed by atoms with Gasteiger partial charge in [0.05, 0.1) is 6.04 Å². The van der Waals surface area contributed by atoms with Gasteiger partial charge in [-0.15, -0.1) is 10.2 Å². The summed E-state index contributed by atoms with van der Waals surface area (Å²) in [6.45, 7) is 0. The fourth-order valence-corrected chi connectivity index (χ4v) is 0.735. The maximum Gasteiger partial charge on any atom is 0.303 e. The number of carboxylic acids is 1. The fraction of sp³-hybridized carbons (Fsp3) is 0.600. The van der Waals surface area contributed by atoms with Crippen LogP contribution in [0, 0.1) is 0 Å². The Morgan fingerprint density at radius 1 is 1.75 bits per heavy atom. The standard InChI is InChI=1S/C5H9N5O2/c6-3(1-2-4(11)12)5-7-9-10-8-5/h3H,1-2,6H2,(H,11,12)(H,7,8,9,10). The molecule has 7 heteroatoms. The summed E-state index contributed by atoms with van der Waals surface area (Å²) in [7, 11) is 0. The molecular weight excluding hydrogens is 162 g/mol. The van der Waals surface area contributed by atoms with Crippen LogP contribution in [0.1, 0.15) is 24.7 Å². The molecule has 0 amide bonds. The van der Waals surface area contributed by atoms with Gasteiger partial charge in [0.1, 0.15) is 0 Å². The summed E-state index contributed by atoms with van der Waals surface area (Å²) in [5.74, 6) is -0.537. The van der Waals surface area contributed by atoms with Crippen molar-refractivity contribution in [2.45, 2.75) is 18.9 Å². The van der Waals surface area contributed by atoms with Crippen LogP contribution in [-0.4, -0.2) is 31.7 Å². The molecule has 1 aromatic heterocycles. The lowest BCUT2D eigenvalue weighted by molar-refractivity contribution is -0.137. The van der Waals surface area contributed by atoms with E-state index in [1.165, 1.54) is 0 Å². The largest absolute Gasteiger partial charge is 0.481 e. The minimum absolute atomic E-state index is 0.00963. The molecular formula is C5H9N5O2. The molecule has 0 aliphatic rings. The molecule has 0 bridgehead atoms. The Balaban J connectivity index is 2.39. The van der Waals surface area contributed by atoms with Gasteiger partial charge >= 0.3 is 5.97 Å². The Morgan fingerprint density at radius 3 is 3.00 bits per heavy atom. The highest BCUT2D eigenvalue weighted by atomic mass is 16.4. The molecule has 0 aliphatic carbocycles. The predicted octanol–water partition coefficient (Wildman–Crippen LogP) is -0.936. The van der Waals surface area contributed by atoms with Gasteiger partial charge in [0, 0.05) is 6.42 Å². The molecule has 66 valence electrons. The van der Waals surface area contributed by atoms with E-state index < -0.39 is 12.0 Å². The quantitative estimate of drug-likeness (QED) is 0.538. The van der Waals surface area contributed by atoms with E-state index in [-0.39, 0.29) is 6.42 Å². The van der Waals surface area contributed by atoms with E-state index >= 15 is 0 Å². The van der Waals surface area contributed by atoms with Crippen molar-refractivity contribution >= 4 is 5.97 Å². The van der Waals surface area contributed by atoms with Crippen LogP contribution in [0.3, 0.4) is 0 Å². The number of tetrazole rings is 1. The lowest BCUT2D eigenvalue weighted by Crippen LogP contribution is -2.13. The van der Waals surface area contributed by atoms with Crippen molar-refractivity contribution in [3.05, 3.63) is 5.82 Å². The van der Waals surface area contributed by atoms with Crippen LogP contribution in [-0.2, 0) is 4.79 Å². The minimum atomic E-state index is -0.881. The number of aliphatic carboxylic acids is 1. The van der Waals surface area contributed by atoms with Crippen LogP contribution >= 0.6 is 0 Å². The Labute approximate surface area is 68.0 Å². The van der Waals surface area contributed by atoms with Crippen molar-refractivity contribution in [3.63, 3.8) is 0 Å². The smallest absolute Gasteiger partial charge is 0.303 e. The van der Waals surface area contributed by atoms with Crippen LogP contribution in [0.2, 0.25) is 0 Å². The van der Waals surface area contributed by atoms with Crippen molar-refractivity contribution in [1.82, 2.24) is 20.6 Å². The number of carbonyl (C=O) groups is 1. The zero-order valence-electron chi connectivity index (χ0n) is 6.27. The molecule has 1 unspecified atom stereocenters. The number of nitrogens with one attached hydrogen (secondary N) is 1. The van der Waals surface area contributed by atoms with Crippen LogP contribution in [0.15, 0.2) is 0 Å². The molecule has 12 heavy (non-hydrogen) atoms. The van der Waals surface area contributed by atoms with Gasteiger partial charge in [-0.25, -0.2) is 0 Å². The van der Waals surface area contributed by atoms with Gasteiger partial charge in [0.2, 0.25) is 0 Å². The van der Waals surface area contributed by atoms with Crippen molar-refractivity contribution in [2.75, 3.05) is 0 Å². The van der Waals surface area contributed by atoms with Gasteiger partial charge in [-0.05, 0) is 6.42 Å². The summed E-state index contributed by atoms with van der Waals surface area (Å²) in [4.78, 5) is 10.2. The second kappa shape index (κ2) is 3.77. The lowest BCUT2D eigenvalue weighted by Gasteiger charge is -2.02. The molecule has 0 spiro atoms. The maximum absolute atomic E-state index is 10.2. The fourth-order valence-electron chi connectivity index (χ4n) is 0.735. The number of H-pyrrole nitrogens is 1. The van der Waals surface area contributed by atoms with Gasteiger partial charge in [0.25, 0.3) is 0 Å². The highest BCUT2D eigenvalue weighted by Gasteiger charge is 2.11. The molecule has 1 atom stereocenters. The van der Waals surface area contributed by atoms with Crippen molar-refractivity contribution in [1.29, 1.82) is 0 Å². The number of hydrogen-bond acceptors (Lipinski definition) is 5. The van der Waals surface area contributed by atoms with Gasteiger partial charge in [-0.2, -0.15) is 5.21 Å². The van der Waals surface area contributed by atoms with Crippen molar-refractivity contribution in [2.24, 2.45) is 5.73 Å². The third kappa shape index (κ3) is 2.27. The first-order chi connectivity index (χ1) is 5.70. The van der Waals surface area contributed by atoms with E-state index in [0.717, 1.165) is 0 Å². The van der Waals surface area contributed by atoms with Gasteiger partial charge in [0.15, 0.2) is 5.82 Å². The maximum atomic E-state index is 10.2. The number of hydrogen-bond donors (Lipinski definition) is 3. The van der Waals surface area contributed by atoms with E-state index in [9.17, 15) is 4.79 Å². The molecule has 0 radical (unpaired) electrons. The molecule has 0 fully saturated rings. The number of nitrogens with two attached hydrogens (primary N) is 1. The second-order valence-corrected chi connectivity index (χ2v) is 2.31. The molecule has 0 saturated heterocycles. The molecule has 0 aromatic carbocycles. The zero-order chi connectivity index (χ0) is 8.97. The lowest BCUT2D eigenvalue weighted by atomic mass is 10.1. The first-order valence-electron chi connectivity index (χ1n) is 3.41. The molecule has 0 saturated carbocycles. The highest BCUT2D eigenvalue weighted by Crippen LogP contribution is 2.08. The van der Waals surface area contributed by atoms with Crippen LogP contribution in [0.5, 0.6) is 0 Å². The predicted molar refractivity (Wildman–Crippen MR) is 38.0 cm³/mol. The summed E-state index contributed by atoms with van der Waals surface area (Å²) in [6.07, 6.45) is 0.324. The van der Waals surface area contributed by atoms with Crippen LogP contribution < -0.4 is 5.73 Å². The van der Waals surface area contributed by atoms with Crippen LogP contribution in [0.4, 0.5) is 0 Å². The molecule has 4 N–H and O–H groups in total. The average molecular weight is 171 g/mol. The summed E-state index contributed by atoms with van der Waals surface area (Å²) in [5.41, 5.74) is 5.54. The first-order valence-corrected chi connectivity index (χ1v) is 3.41. The third-order valence-electron chi connectivity index (χ3n) is 1.36. The molecule has 7 nitrogen and oxygen atoms in total. The van der Waals surface area contributed by atoms with E-state index in [2.05, 4.69) is 20.6 Å². The van der Waals surface area contributed by atoms with Gasteiger partial charge < -0.3 is 10.8 Å². The van der Waals surface area contributed by atoms with Crippen LogP contribution in [0.25, 0.3) is 0 Å². The van der Waals surface area contributed by atoms with Gasteiger partial charge in [-0.1, -0.05) is 5.21 Å². The van der Waals surface area contributed by atoms with E-state index in [1.807, 2.05) is 0 Å². The van der Waals surface area contributed by atoms with Crippen molar-refractivity contribution in [3.8, 4) is 0 Å². The highest BCUT2D eigenvalue weighted by molar-refractivity contribution is 5.66. The average Bonchev–Trinajstić information content (AvgIpc) is 2.51. The Morgan fingerprint density at radius 2 is 2.50 bits per heavy atom. The Hall–Kier alpha value is -1.50. The third-order valence-corrected chi connectivity index (χ3v) is 1.36. The Bertz CT molecular complexity index is 246. The van der Waals surface area contributed by atoms with Gasteiger partial charge in [-0.3, -0.25) is 4.79 Å². The topological polar surface area (TPSA) is 118 Å². The SMILES string of the molecule is NC(CCC(=O)O)c1nn[nH]n1. The first kappa shape index (κ1) is 8.60. The summed E-state index contributed by atoms with van der Waals surface area (Å²) >= 11 is 0. The number of rotatable bonds is 4. The van der Waals surface area contributed by atoms with E-state index in [0.29, 0.717) is 12.2 Å². The molecule has 1 rings (SSSR count). The summed E-state index contributed by atoms with van der Waals surface area (Å²) < 4.78 is 0. The van der Waals surface area contributed by atoms with E-state index in [4.69, 9.17) is 10.8 Å². The molecule has 0 aliphatic heterocycles. The van der Waals surface area contributed by atoms with E-state index in [1.54, 1.807) is 0 Å².